The van der Waals surface area contributed by atoms with Gasteiger partial charge in [-0.1, -0.05) is 27.4 Å². The Morgan fingerprint density at radius 1 is 0.912 bits per heavy atom. The third-order valence-electron chi connectivity index (χ3n) is 8.01. The molecule has 186 valence electrons. The number of hydrogen-bond acceptors (Lipinski definition) is 8. The monoisotopic (exact) mass is 474 g/mol. The average Bonchev–Trinajstić information content (AvgIpc) is 2.69. The normalized spacial score (nSPS) is 35.0. The van der Waals surface area contributed by atoms with Crippen LogP contribution in [-0.4, -0.2) is 47.8 Å². The predicted octanol–water partition coefficient (Wildman–Crippen LogP) is 3.27. The van der Waals surface area contributed by atoms with Gasteiger partial charge in [-0.15, -0.1) is 0 Å². The first kappa shape index (κ1) is 25.8. The number of ether oxygens (including phenoxy) is 3. The van der Waals surface area contributed by atoms with Gasteiger partial charge in [-0.25, -0.2) is 0 Å². The Hall–Kier alpha value is -2.77. The summed E-state index contributed by atoms with van der Waals surface area (Å²) in [7, 11) is 0. The number of allylic oxidation sites excluding steroid dienone is 1. The van der Waals surface area contributed by atoms with E-state index in [0.717, 1.165) is 0 Å². The molecule has 8 nitrogen and oxygen atoms in total. The van der Waals surface area contributed by atoms with E-state index >= 15 is 0 Å². The van der Waals surface area contributed by atoms with Gasteiger partial charge in [0.25, 0.3) is 0 Å². The van der Waals surface area contributed by atoms with E-state index < -0.39 is 58.9 Å². The van der Waals surface area contributed by atoms with E-state index in [2.05, 4.69) is 6.58 Å². The van der Waals surface area contributed by atoms with Gasteiger partial charge in [-0.3, -0.25) is 24.0 Å². The van der Waals surface area contributed by atoms with Crippen LogP contribution in [-0.2, 0) is 38.2 Å². The first-order valence-corrected chi connectivity index (χ1v) is 11.6. The fourth-order valence-corrected chi connectivity index (χ4v) is 6.46. The molecule has 2 saturated carbocycles. The fourth-order valence-electron chi connectivity index (χ4n) is 6.46. The molecule has 0 amide bonds. The first-order valence-electron chi connectivity index (χ1n) is 11.6. The Kier molecular flexibility index (Phi) is 6.68. The van der Waals surface area contributed by atoms with Crippen LogP contribution in [0.15, 0.2) is 23.3 Å². The molecule has 6 atom stereocenters. The minimum atomic E-state index is -1.05. The Bertz CT molecular complexity index is 1000. The number of Topliss-reactive ketones (excluding diaryl/α,β-unsaturated/α-hetero) is 2. The molecule has 0 aromatic rings. The molecule has 0 aromatic carbocycles. The van der Waals surface area contributed by atoms with E-state index in [0.29, 0.717) is 17.6 Å². The van der Waals surface area contributed by atoms with E-state index in [9.17, 15) is 24.0 Å². The van der Waals surface area contributed by atoms with Gasteiger partial charge in [0.15, 0.2) is 17.7 Å². The fraction of sp³-hybridized carbons (Fsp3) is 0.654. The molecule has 34 heavy (non-hydrogen) atoms. The molecule has 3 rings (SSSR count). The van der Waals surface area contributed by atoms with Crippen LogP contribution in [0.5, 0.6) is 0 Å². The average molecular weight is 475 g/mol. The van der Waals surface area contributed by atoms with Crippen molar-refractivity contribution in [2.75, 3.05) is 0 Å². The van der Waals surface area contributed by atoms with Crippen LogP contribution >= 0.6 is 0 Å². The van der Waals surface area contributed by atoms with Crippen LogP contribution in [0, 0.1) is 22.7 Å². The lowest BCUT2D eigenvalue weighted by molar-refractivity contribution is -0.198. The predicted molar refractivity (Wildman–Crippen MR) is 121 cm³/mol. The van der Waals surface area contributed by atoms with Gasteiger partial charge in [0, 0.05) is 50.9 Å². The Morgan fingerprint density at radius 2 is 1.47 bits per heavy atom. The van der Waals surface area contributed by atoms with Crippen LogP contribution in [0.25, 0.3) is 0 Å². The maximum atomic E-state index is 13.2. The largest absolute Gasteiger partial charge is 0.462 e. The van der Waals surface area contributed by atoms with Crippen molar-refractivity contribution < 1.29 is 38.2 Å². The number of carbonyl (C=O) groups is 5. The van der Waals surface area contributed by atoms with Gasteiger partial charge in [-0.05, 0) is 35.5 Å². The van der Waals surface area contributed by atoms with Crippen molar-refractivity contribution in [3.63, 3.8) is 0 Å². The summed E-state index contributed by atoms with van der Waals surface area (Å²) < 4.78 is 17.6. The van der Waals surface area contributed by atoms with Gasteiger partial charge >= 0.3 is 17.9 Å². The highest BCUT2D eigenvalue weighted by Gasteiger charge is 2.64. The molecule has 0 heterocycles. The molecule has 2 bridgehead atoms. The van der Waals surface area contributed by atoms with Crippen molar-refractivity contribution in [3.8, 4) is 0 Å². The number of carbonyl (C=O) groups excluding carboxylic acids is 5. The number of fused-ring (bicyclic) bond motifs is 3. The zero-order valence-electron chi connectivity index (χ0n) is 21.0. The SMILES string of the molecule is C=C1C(=O)CC[C@@]2(C)[C@@H](OC(C)=O)[C@H](OC(C)=O)C3=C(C)C(=O)C[C@@H]([C@@H](OC(C)=O)[C@H]12)C3(C)C. The summed E-state index contributed by atoms with van der Waals surface area (Å²) in [5.74, 6) is -3.32. The molecule has 0 N–H and O–H groups in total. The quantitative estimate of drug-likeness (QED) is 0.348. The van der Waals surface area contributed by atoms with Crippen molar-refractivity contribution in [2.24, 2.45) is 22.7 Å². The third-order valence-corrected chi connectivity index (χ3v) is 8.01. The zero-order chi connectivity index (χ0) is 25.7. The minimum absolute atomic E-state index is 0.0966. The second-order valence-electron chi connectivity index (χ2n) is 10.6. The van der Waals surface area contributed by atoms with Crippen molar-refractivity contribution in [2.45, 2.75) is 86.0 Å². The van der Waals surface area contributed by atoms with E-state index in [-0.39, 0.29) is 30.0 Å². The number of esters is 3. The molecule has 0 radical (unpaired) electrons. The Morgan fingerprint density at radius 3 is 2.00 bits per heavy atom. The second-order valence-corrected chi connectivity index (χ2v) is 10.6. The molecular weight excluding hydrogens is 440 g/mol. The lowest BCUT2D eigenvalue weighted by Crippen LogP contribution is -2.63. The molecule has 3 aliphatic rings. The highest BCUT2D eigenvalue weighted by molar-refractivity contribution is 5.98. The summed E-state index contributed by atoms with van der Waals surface area (Å²) in [5, 5.41) is 0. The van der Waals surface area contributed by atoms with Gasteiger partial charge in [0.2, 0.25) is 0 Å². The second kappa shape index (κ2) is 8.78. The maximum Gasteiger partial charge on any atom is 0.303 e. The highest BCUT2D eigenvalue weighted by Crippen LogP contribution is 2.59. The van der Waals surface area contributed by atoms with Crippen LogP contribution in [0.2, 0.25) is 0 Å². The summed E-state index contributed by atoms with van der Waals surface area (Å²) in [6.45, 7) is 15.2. The standard InChI is InChI=1S/C26H34O8/c1-12-18(30)9-10-26(8)21(12)22(32-14(3)27)17-11-19(31)13(2)20(25(17,6)7)23(33-15(4)28)24(26)34-16(5)29/h17,21-24H,1,9-11H2,2-8H3/t17-,21-,22+,23+,24-,26+/m0/s1. The lowest BCUT2D eigenvalue weighted by Gasteiger charge is -2.58. The van der Waals surface area contributed by atoms with Gasteiger partial charge < -0.3 is 14.2 Å². The van der Waals surface area contributed by atoms with Gasteiger partial charge in [-0.2, -0.15) is 0 Å². The van der Waals surface area contributed by atoms with E-state index in [1.165, 1.54) is 20.8 Å². The summed E-state index contributed by atoms with van der Waals surface area (Å²) >= 11 is 0. The molecular formula is C26H34O8. The molecule has 0 aliphatic heterocycles. The summed E-state index contributed by atoms with van der Waals surface area (Å²) in [4.78, 5) is 62.9. The Balaban J connectivity index is 2.42. The highest BCUT2D eigenvalue weighted by atomic mass is 16.6. The molecule has 0 aromatic heterocycles. The Labute approximate surface area is 200 Å². The summed E-state index contributed by atoms with van der Waals surface area (Å²) in [5.41, 5.74) is -0.499. The minimum Gasteiger partial charge on any atom is -0.462 e. The molecule has 0 spiro atoms. The molecule has 0 saturated heterocycles. The van der Waals surface area contributed by atoms with Crippen LogP contribution in [0.3, 0.4) is 0 Å². The molecule has 8 heteroatoms. The summed E-state index contributed by atoms with van der Waals surface area (Å²) in [6.07, 6.45) is -2.38. The van der Waals surface area contributed by atoms with Gasteiger partial charge in [0.1, 0.15) is 12.2 Å². The van der Waals surface area contributed by atoms with Crippen molar-refractivity contribution >= 4 is 29.5 Å². The first-order chi connectivity index (χ1) is 15.6. The topological polar surface area (TPSA) is 113 Å². The van der Waals surface area contributed by atoms with E-state index in [1.54, 1.807) is 6.92 Å². The van der Waals surface area contributed by atoms with Crippen molar-refractivity contribution in [3.05, 3.63) is 23.3 Å². The molecule has 0 unspecified atom stereocenters. The molecule has 2 fully saturated rings. The maximum absolute atomic E-state index is 13.2. The number of hydrogen-bond donors (Lipinski definition) is 0. The third kappa shape index (κ3) is 4.12. The number of rotatable bonds is 3. The summed E-state index contributed by atoms with van der Waals surface area (Å²) in [6, 6.07) is 0. The molecule has 3 aliphatic carbocycles. The van der Waals surface area contributed by atoms with Crippen molar-refractivity contribution in [1.29, 1.82) is 0 Å². The van der Waals surface area contributed by atoms with Crippen LogP contribution < -0.4 is 0 Å². The van der Waals surface area contributed by atoms with Crippen LogP contribution in [0.4, 0.5) is 0 Å². The van der Waals surface area contributed by atoms with E-state index in [1.807, 2.05) is 20.8 Å². The zero-order valence-corrected chi connectivity index (χ0v) is 21.0. The van der Waals surface area contributed by atoms with Gasteiger partial charge in [0.05, 0.1) is 0 Å². The van der Waals surface area contributed by atoms with E-state index in [4.69, 9.17) is 14.2 Å². The number of ketones is 2. The van der Waals surface area contributed by atoms with Crippen molar-refractivity contribution in [1.82, 2.24) is 0 Å². The lowest BCUT2D eigenvalue weighted by atomic mass is 9.49. The smallest absolute Gasteiger partial charge is 0.303 e. The van der Waals surface area contributed by atoms with Crippen LogP contribution in [0.1, 0.15) is 67.7 Å².